The third-order valence-electron chi connectivity index (χ3n) is 2.84. The van der Waals surface area contributed by atoms with Crippen molar-refractivity contribution in [1.82, 2.24) is 0 Å². The van der Waals surface area contributed by atoms with Crippen LogP contribution in [0.15, 0.2) is 58.5 Å². The highest BCUT2D eigenvalue weighted by Crippen LogP contribution is 2.12. The molecular weight excluding hydrogens is 262 g/mol. The number of nitrogens with zero attached hydrogens (tertiary/aromatic N) is 2. The van der Waals surface area contributed by atoms with Gasteiger partial charge in [0.25, 0.3) is 0 Å². The van der Waals surface area contributed by atoms with Crippen LogP contribution in [0.25, 0.3) is 0 Å². The lowest BCUT2D eigenvalue weighted by molar-refractivity contribution is 1.37. The van der Waals surface area contributed by atoms with Gasteiger partial charge in [-0.05, 0) is 38.1 Å². The van der Waals surface area contributed by atoms with Crippen molar-refractivity contribution < 1.29 is 0 Å². The summed E-state index contributed by atoms with van der Waals surface area (Å²) in [5.74, 6) is 0.308. The van der Waals surface area contributed by atoms with Gasteiger partial charge in [0.1, 0.15) is 0 Å². The van der Waals surface area contributed by atoms with Gasteiger partial charge in [0.05, 0.1) is 5.69 Å². The fourth-order valence-electron chi connectivity index (χ4n) is 1.71. The van der Waals surface area contributed by atoms with Gasteiger partial charge in [-0.1, -0.05) is 35.4 Å². The van der Waals surface area contributed by atoms with Gasteiger partial charge in [-0.25, -0.2) is 4.99 Å². The molecule has 0 fully saturated rings. The van der Waals surface area contributed by atoms with Crippen LogP contribution in [0.5, 0.6) is 0 Å². The van der Waals surface area contributed by atoms with Gasteiger partial charge in [-0.15, -0.1) is 0 Å². The van der Waals surface area contributed by atoms with Crippen molar-refractivity contribution in [2.75, 3.05) is 5.32 Å². The van der Waals surface area contributed by atoms with Crippen LogP contribution < -0.4 is 16.8 Å². The van der Waals surface area contributed by atoms with Gasteiger partial charge in [0, 0.05) is 5.69 Å². The average Bonchev–Trinajstić information content (AvgIpc) is 2.44. The first-order valence-corrected chi connectivity index (χ1v) is 6.61. The number of benzene rings is 2. The SMILES string of the molecule is Cc1ccc(N=C(N)N=C(N)Nc2ccc(C)cc2)cc1. The summed E-state index contributed by atoms with van der Waals surface area (Å²) < 4.78 is 0. The van der Waals surface area contributed by atoms with E-state index in [0.717, 1.165) is 16.9 Å². The molecule has 0 spiro atoms. The zero-order valence-corrected chi connectivity index (χ0v) is 12.2. The van der Waals surface area contributed by atoms with Crippen LogP contribution in [0, 0.1) is 13.8 Å². The monoisotopic (exact) mass is 281 g/mol. The molecule has 2 aromatic carbocycles. The van der Waals surface area contributed by atoms with Gasteiger partial charge < -0.3 is 16.8 Å². The van der Waals surface area contributed by atoms with E-state index in [4.69, 9.17) is 11.5 Å². The molecular formula is C16H19N5. The maximum Gasteiger partial charge on any atom is 0.223 e. The lowest BCUT2D eigenvalue weighted by atomic mass is 10.2. The second-order valence-corrected chi connectivity index (χ2v) is 4.79. The normalized spacial score (nSPS) is 12.3. The minimum atomic E-state index is 0.107. The van der Waals surface area contributed by atoms with Gasteiger partial charge in [0.2, 0.25) is 11.9 Å². The molecule has 0 aliphatic carbocycles. The molecule has 5 N–H and O–H groups in total. The first-order chi connectivity index (χ1) is 10.0. The Kier molecular flexibility index (Phi) is 4.56. The molecule has 5 nitrogen and oxygen atoms in total. The van der Waals surface area contributed by atoms with Crippen molar-refractivity contribution in [3.05, 3.63) is 59.7 Å². The molecule has 0 atom stereocenters. The number of anilines is 1. The van der Waals surface area contributed by atoms with Gasteiger partial charge in [-0.3, -0.25) is 0 Å². The summed E-state index contributed by atoms with van der Waals surface area (Å²) >= 11 is 0. The fraction of sp³-hybridized carbons (Fsp3) is 0.125. The Hall–Kier alpha value is -2.82. The highest BCUT2D eigenvalue weighted by molar-refractivity contribution is 6.01. The van der Waals surface area contributed by atoms with E-state index in [1.54, 1.807) is 0 Å². The van der Waals surface area contributed by atoms with Crippen molar-refractivity contribution in [3.63, 3.8) is 0 Å². The first kappa shape index (κ1) is 14.6. The van der Waals surface area contributed by atoms with Gasteiger partial charge >= 0.3 is 0 Å². The van der Waals surface area contributed by atoms with Crippen molar-refractivity contribution in [2.24, 2.45) is 21.5 Å². The molecule has 5 heteroatoms. The number of guanidine groups is 2. The Morgan fingerprint density at radius 3 is 1.95 bits per heavy atom. The lowest BCUT2D eigenvalue weighted by Gasteiger charge is -2.05. The van der Waals surface area contributed by atoms with E-state index in [1.807, 2.05) is 62.4 Å². The molecule has 0 saturated heterocycles. The van der Waals surface area contributed by atoms with E-state index < -0.39 is 0 Å². The fourth-order valence-corrected chi connectivity index (χ4v) is 1.71. The quantitative estimate of drug-likeness (QED) is 0.584. The zero-order valence-electron chi connectivity index (χ0n) is 12.2. The van der Waals surface area contributed by atoms with E-state index in [-0.39, 0.29) is 11.9 Å². The van der Waals surface area contributed by atoms with Crippen LogP contribution in [0.3, 0.4) is 0 Å². The molecule has 2 rings (SSSR count). The summed E-state index contributed by atoms with van der Waals surface area (Å²) in [5, 5.41) is 2.96. The second-order valence-electron chi connectivity index (χ2n) is 4.79. The molecule has 0 saturated carbocycles. The van der Waals surface area contributed by atoms with Crippen LogP contribution in [0.4, 0.5) is 11.4 Å². The van der Waals surface area contributed by atoms with Crippen molar-refractivity contribution in [2.45, 2.75) is 13.8 Å². The molecule has 108 valence electrons. The standard InChI is InChI=1S/C16H19N5/c1-11-3-7-13(8-4-11)19-15(17)21-16(18)20-14-9-5-12(2)6-10-14/h3-10H,1-2H3,(H5,17,18,19,20,21). The maximum atomic E-state index is 5.80. The van der Waals surface area contributed by atoms with Gasteiger partial charge in [-0.2, -0.15) is 4.99 Å². The Balaban J connectivity index is 2.06. The molecule has 0 unspecified atom stereocenters. The van der Waals surface area contributed by atoms with Gasteiger partial charge in [0.15, 0.2) is 0 Å². The number of nitrogens with two attached hydrogens (primary N) is 2. The zero-order chi connectivity index (χ0) is 15.2. The Bertz CT molecular complexity index is 654. The highest BCUT2D eigenvalue weighted by atomic mass is 15.2. The number of rotatable bonds is 2. The smallest absolute Gasteiger partial charge is 0.223 e. The third-order valence-corrected chi connectivity index (χ3v) is 2.84. The summed E-state index contributed by atoms with van der Waals surface area (Å²) in [4.78, 5) is 8.21. The molecule has 2 aromatic rings. The molecule has 21 heavy (non-hydrogen) atoms. The summed E-state index contributed by atoms with van der Waals surface area (Å²) in [5.41, 5.74) is 15.5. The van der Waals surface area contributed by atoms with Crippen LogP contribution in [0.2, 0.25) is 0 Å². The van der Waals surface area contributed by atoms with E-state index in [9.17, 15) is 0 Å². The number of hydrogen-bond donors (Lipinski definition) is 3. The highest BCUT2D eigenvalue weighted by Gasteiger charge is 1.97. The lowest BCUT2D eigenvalue weighted by Crippen LogP contribution is -2.26. The Morgan fingerprint density at radius 1 is 0.857 bits per heavy atom. The predicted molar refractivity (Wildman–Crippen MR) is 88.9 cm³/mol. The minimum absolute atomic E-state index is 0.107. The Morgan fingerprint density at radius 2 is 1.38 bits per heavy atom. The molecule has 0 amide bonds. The van der Waals surface area contributed by atoms with Crippen LogP contribution in [0.1, 0.15) is 11.1 Å². The van der Waals surface area contributed by atoms with E-state index in [2.05, 4.69) is 15.3 Å². The summed E-state index contributed by atoms with van der Waals surface area (Å²) in [7, 11) is 0. The predicted octanol–water partition coefficient (Wildman–Crippen LogP) is 2.68. The van der Waals surface area contributed by atoms with E-state index in [0.29, 0.717) is 0 Å². The minimum Gasteiger partial charge on any atom is -0.369 e. The topological polar surface area (TPSA) is 88.8 Å². The Labute approximate surface area is 124 Å². The number of aliphatic imine (C=N–C) groups is 2. The summed E-state index contributed by atoms with van der Waals surface area (Å²) in [6.07, 6.45) is 0. The largest absolute Gasteiger partial charge is 0.369 e. The number of aryl methyl sites for hydroxylation is 2. The summed E-state index contributed by atoms with van der Waals surface area (Å²) in [6.45, 7) is 4.03. The van der Waals surface area contributed by atoms with Crippen molar-refractivity contribution in [1.29, 1.82) is 0 Å². The molecule has 0 aliphatic heterocycles. The number of nitrogens with one attached hydrogen (secondary N) is 1. The van der Waals surface area contributed by atoms with E-state index >= 15 is 0 Å². The number of hydrogen-bond acceptors (Lipinski definition) is 1. The molecule has 0 radical (unpaired) electrons. The first-order valence-electron chi connectivity index (χ1n) is 6.61. The second kappa shape index (κ2) is 6.56. The molecule has 0 bridgehead atoms. The van der Waals surface area contributed by atoms with Crippen LogP contribution in [-0.4, -0.2) is 11.9 Å². The van der Waals surface area contributed by atoms with Crippen LogP contribution >= 0.6 is 0 Å². The van der Waals surface area contributed by atoms with Crippen LogP contribution in [-0.2, 0) is 0 Å². The van der Waals surface area contributed by atoms with Crippen molar-refractivity contribution >= 4 is 23.3 Å². The van der Waals surface area contributed by atoms with E-state index in [1.165, 1.54) is 5.56 Å². The molecule has 0 aromatic heterocycles. The maximum absolute atomic E-state index is 5.80. The third kappa shape index (κ3) is 4.65. The van der Waals surface area contributed by atoms with Crippen molar-refractivity contribution in [3.8, 4) is 0 Å². The molecule has 0 heterocycles. The average molecular weight is 281 g/mol. The molecule has 0 aliphatic rings. The summed E-state index contributed by atoms with van der Waals surface area (Å²) in [6, 6.07) is 15.5.